The number of aromatic nitrogens is 1. The van der Waals surface area contributed by atoms with Gasteiger partial charge in [0, 0.05) is 51.4 Å². The summed E-state index contributed by atoms with van der Waals surface area (Å²) < 4.78 is 0. The van der Waals surface area contributed by atoms with Gasteiger partial charge in [0.1, 0.15) is 0 Å². The summed E-state index contributed by atoms with van der Waals surface area (Å²) in [7, 11) is 0. The predicted molar refractivity (Wildman–Crippen MR) is 89.7 cm³/mol. The molecule has 0 radical (unpaired) electrons. The molecular weight excluding hydrogens is 274 g/mol. The van der Waals surface area contributed by atoms with Crippen molar-refractivity contribution in [3.63, 3.8) is 0 Å². The minimum Gasteiger partial charge on any atom is -0.311 e. The maximum atomic E-state index is 4.69. The van der Waals surface area contributed by atoms with Crippen molar-refractivity contribution < 1.29 is 0 Å². The Bertz CT molecular complexity index is 413. The third kappa shape index (κ3) is 4.74. The van der Waals surface area contributed by atoms with Crippen LogP contribution in [0.5, 0.6) is 0 Å². The molecule has 0 aromatic carbocycles. The molecule has 1 aromatic heterocycles. The SMILES string of the molecule is c1cc2nc(c1)CNCCN[C@@H]1CCCC[C@H]1NCCNC2. The Labute approximate surface area is 133 Å². The van der Waals surface area contributed by atoms with Crippen LogP contribution < -0.4 is 21.3 Å². The summed E-state index contributed by atoms with van der Waals surface area (Å²) in [6.45, 7) is 5.74. The molecule has 1 fully saturated rings. The molecule has 2 bridgehead atoms. The van der Waals surface area contributed by atoms with E-state index in [0.717, 1.165) is 50.7 Å². The number of rotatable bonds is 0. The molecule has 1 aliphatic carbocycles. The minimum atomic E-state index is 0.625. The van der Waals surface area contributed by atoms with Crippen molar-refractivity contribution in [3.8, 4) is 0 Å². The lowest BCUT2D eigenvalue weighted by atomic mass is 9.90. The van der Waals surface area contributed by atoms with Gasteiger partial charge in [-0.3, -0.25) is 4.98 Å². The van der Waals surface area contributed by atoms with Gasteiger partial charge in [0.25, 0.3) is 0 Å². The van der Waals surface area contributed by atoms with Gasteiger partial charge in [0.15, 0.2) is 0 Å². The highest BCUT2D eigenvalue weighted by molar-refractivity contribution is 5.11. The number of pyridine rings is 1. The van der Waals surface area contributed by atoms with Gasteiger partial charge in [0.05, 0.1) is 11.4 Å². The lowest BCUT2D eigenvalue weighted by Gasteiger charge is -2.33. The quantitative estimate of drug-likeness (QED) is 0.570. The molecule has 0 amide bonds. The average molecular weight is 303 g/mol. The molecule has 5 nitrogen and oxygen atoms in total. The summed E-state index contributed by atoms with van der Waals surface area (Å²) in [5.41, 5.74) is 2.26. The van der Waals surface area contributed by atoms with Crippen LogP contribution in [-0.4, -0.2) is 43.2 Å². The molecule has 2 aliphatic rings. The fraction of sp³-hybridized carbons (Fsp3) is 0.706. The van der Waals surface area contributed by atoms with E-state index in [1.165, 1.54) is 25.7 Å². The molecule has 0 unspecified atom stereocenters. The van der Waals surface area contributed by atoms with Crippen LogP contribution in [0.25, 0.3) is 0 Å². The molecule has 5 heteroatoms. The smallest absolute Gasteiger partial charge is 0.0545 e. The Morgan fingerprint density at radius 1 is 0.773 bits per heavy atom. The molecule has 2 heterocycles. The maximum Gasteiger partial charge on any atom is 0.0545 e. The lowest BCUT2D eigenvalue weighted by Crippen LogP contribution is -2.52. The van der Waals surface area contributed by atoms with E-state index in [0.29, 0.717) is 12.1 Å². The first-order valence-electron chi connectivity index (χ1n) is 8.75. The van der Waals surface area contributed by atoms with Gasteiger partial charge >= 0.3 is 0 Å². The van der Waals surface area contributed by atoms with Gasteiger partial charge < -0.3 is 21.3 Å². The number of hydrogen-bond donors (Lipinski definition) is 4. The summed E-state index contributed by atoms with van der Waals surface area (Å²) in [5.74, 6) is 0. The van der Waals surface area contributed by atoms with Gasteiger partial charge in [0.2, 0.25) is 0 Å². The van der Waals surface area contributed by atoms with E-state index >= 15 is 0 Å². The Hall–Kier alpha value is -1.01. The molecule has 122 valence electrons. The van der Waals surface area contributed by atoms with Gasteiger partial charge in [-0.15, -0.1) is 0 Å². The van der Waals surface area contributed by atoms with Crippen LogP contribution in [0.4, 0.5) is 0 Å². The van der Waals surface area contributed by atoms with Gasteiger partial charge in [-0.1, -0.05) is 18.9 Å². The summed E-state index contributed by atoms with van der Waals surface area (Å²) in [6.07, 6.45) is 5.31. The topological polar surface area (TPSA) is 61.0 Å². The van der Waals surface area contributed by atoms with Crippen LogP contribution in [-0.2, 0) is 13.1 Å². The molecule has 3 rings (SSSR count). The highest BCUT2D eigenvalue weighted by atomic mass is 15.1. The van der Waals surface area contributed by atoms with Crippen molar-refractivity contribution in [1.82, 2.24) is 26.3 Å². The number of fused-ring (bicyclic) bond motifs is 3. The lowest BCUT2D eigenvalue weighted by molar-refractivity contribution is 0.284. The second kappa shape index (κ2) is 8.58. The largest absolute Gasteiger partial charge is 0.311 e. The minimum absolute atomic E-state index is 0.625. The standard InChI is InChI=1S/C17H29N5/c1-2-7-17-16(6-1)20-10-8-18-12-14-4-3-5-15(22-14)13-19-9-11-21-17/h3-5,16-21H,1-2,6-13H2/t16-,17-/m1/s1. The van der Waals surface area contributed by atoms with Crippen LogP contribution in [0.1, 0.15) is 37.1 Å². The maximum absolute atomic E-state index is 4.69. The molecule has 0 spiro atoms. The first kappa shape index (κ1) is 15.9. The molecule has 1 aliphatic heterocycles. The van der Waals surface area contributed by atoms with E-state index in [2.05, 4.69) is 39.5 Å². The van der Waals surface area contributed by atoms with Crippen LogP contribution in [0, 0.1) is 0 Å². The van der Waals surface area contributed by atoms with Crippen LogP contribution in [0.15, 0.2) is 18.2 Å². The van der Waals surface area contributed by atoms with E-state index in [1.807, 2.05) is 0 Å². The van der Waals surface area contributed by atoms with Crippen LogP contribution in [0.2, 0.25) is 0 Å². The number of hydrogen-bond acceptors (Lipinski definition) is 5. The Morgan fingerprint density at radius 2 is 1.32 bits per heavy atom. The fourth-order valence-electron chi connectivity index (χ4n) is 3.47. The monoisotopic (exact) mass is 303 g/mol. The van der Waals surface area contributed by atoms with E-state index in [9.17, 15) is 0 Å². The van der Waals surface area contributed by atoms with Gasteiger partial charge in [-0.05, 0) is 25.0 Å². The van der Waals surface area contributed by atoms with E-state index in [-0.39, 0.29) is 0 Å². The first-order valence-corrected chi connectivity index (χ1v) is 8.75. The normalized spacial score (nSPS) is 28.2. The highest BCUT2D eigenvalue weighted by Crippen LogP contribution is 2.18. The summed E-state index contributed by atoms with van der Waals surface area (Å²) >= 11 is 0. The third-order valence-corrected chi connectivity index (χ3v) is 4.66. The Morgan fingerprint density at radius 3 is 1.86 bits per heavy atom. The molecule has 1 aromatic rings. The summed E-state index contributed by atoms with van der Waals surface area (Å²) in [6, 6.07) is 7.55. The molecule has 2 atom stereocenters. The fourth-order valence-corrected chi connectivity index (χ4v) is 3.47. The van der Waals surface area contributed by atoms with Crippen molar-refractivity contribution in [2.75, 3.05) is 26.2 Å². The first-order chi connectivity index (χ1) is 10.9. The van der Waals surface area contributed by atoms with E-state index in [4.69, 9.17) is 4.98 Å². The second-order valence-corrected chi connectivity index (χ2v) is 6.38. The number of nitrogens with one attached hydrogen (secondary N) is 4. The molecule has 4 N–H and O–H groups in total. The van der Waals surface area contributed by atoms with Crippen molar-refractivity contribution in [3.05, 3.63) is 29.6 Å². The van der Waals surface area contributed by atoms with Crippen molar-refractivity contribution in [2.24, 2.45) is 0 Å². The zero-order valence-corrected chi connectivity index (χ0v) is 13.4. The third-order valence-electron chi connectivity index (χ3n) is 4.66. The van der Waals surface area contributed by atoms with Crippen LogP contribution in [0.3, 0.4) is 0 Å². The van der Waals surface area contributed by atoms with Crippen molar-refractivity contribution >= 4 is 0 Å². The van der Waals surface area contributed by atoms with Crippen LogP contribution >= 0.6 is 0 Å². The zero-order valence-electron chi connectivity index (χ0n) is 13.4. The van der Waals surface area contributed by atoms with Gasteiger partial charge in [-0.25, -0.2) is 0 Å². The number of nitrogens with zero attached hydrogens (tertiary/aromatic N) is 1. The molecule has 1 saturated carbocycles. The van der Waals surface area contributed by atoms with Crippen molar-refractivity contribution in [1.29, 1.82) is 0 Å². The molecule has 0 saturated heterocycles. The average Bonchev–Trinajstić information content (AvgIpc) is 2.55. The predicted octanol–water partition coefficient (Wildman–Crippen LogP) is 0.765. The second-order valence-electron chi connectivity index (χ2n) is 6.38. The van der Waals surface area contributed by atoms with Gasteiger partial charge in [-0.2, -0.15) is 0 Å². The Balaban J connectivity index is 1.58. The zero-order chi connectivity index (χ0) is 15.0. The Kier molecular flexibility index (Phi) is 6.19. The van der Waals surface area contributed by atoms with E-state index in [1.54, 1.807) is 0 Å². The van der Waals surface area contributed by atoms with Crippen molar-refractivity contribution in [2.45, 2.75) is 50.9 Å². The summed E-state index contributed by atoms with van der Waals surface area (Å²) in [5, 5.41) is 14.5. The summed E-state index contributed by atoms with van der Waals surface area (Å²) in [4.78, 5) is 4.69. The van der Waals surface area contributed by atoms with E-state index < -0.39 is 0 Å². The molecular formula is C17H29N5. The molecule has 22 heavy (non-hydrogen) atoms. The highest BCUT2D eigenvalue weighted by Gasteiger charge is 2.23.